The van der Waals surface area contributed by atoms with Crippen LogP contribution in [-0.4, -0.2) is 36.9 Å². The molecule has 2 unspecified atom stereocenters. The second-order valence-corrected chi connectivity index (χ2v) is 7.12. The molecule has 0 bridgehead atoms. The molecule has 2 aromatic carbocycles. The average molecular weight is 398 g/mol. The highest BCUT2D eigenvalue weighted by atomic mass is 16.6. The molecule has 1 heterocycles. The van der Waals surface area contributed by atoms with E-state index in [-0.39, 0.29) is 19.1 Å². The maximum absolute atomic E-state index is 12.6. The Hall–Kier alpha value is -2.70. The Kier molecular flexibility index (Phi) is 7.38. The first-order valence-electron chi connectivity index (χ1n) is 9.69. The molecule has 1 saturated heterocycles. The molecule has 2 aromatic rings. The fraction of sp³-hybridized carbons (Fsp3) is 0.391. The van der Waals surface area contributed by atoms with E-state index in [2.05, 4.69) is 0 Å². The van der Waals surface area contributed by atoms with Gasteiger partial charge in [-0.05, 0) is 11.1 Å². The van der Waals surface area contributed by atoms with Gasteiger partial charge in [0.2, 0.25) is 0 Å². The van der Waals surface area contributed by atoms with Crippen LogP contribution in [-0.2, 0) is 41.8 Å². The van der Waals surface area contributed by atoms with Gasteiger partial charge in [0.25, 0.3) is 0 Å². The zero-order valence-electron chi connectivity index (χ0n) is 16.7. The van der Waals surface area contributed by atoms with Gasteiger partial charge in [0, 0.05) is 12.8 Å². The van der Waals surface area contributed by atoms with Gasteiger partial charge >= 0.3 is 11.9 Å². The lowest BCUT2D eigenvalue weighted by atomic mass is 9.91. The quantitative estimate of drug-likeness (QED) is 0.667. The van der Waals surface area contributed by atoms with Crippen LogP contribution >= 0.6 is 0 Å². The molecule has 6 nitrogen and oxygen atoms in total. The molecular formula is C23H26O6. The summed E-state index contributed by atoms with van der Waals surface area (Å²) in [5.41, 5.74) is 1.90. The van der Waals surface area contributed by atoms with E-state index >= 15 is 0 Å². The summed E-state index contributed by atoms with van der Waals surface area (Å²) in [5, 5.41) is 0. The van der Waals surface area contributed by atoms with Gasteiger partial charge in [-0.25, -0.2) is 4.79 Å². The van der Waals surface area contributed by atoms with Crippen LogP contribution in [0.5, 0.6) is 0 Å². The van der Waals surface area contributed by atoms with Crippen molar-refractivity contribution < 1.29 is 28.5 Å². The first-order chi connectivity index (χ1) is 14.0. The molecule has 1 aliphatic heterocycles. The average Bonchev–Trinajstić information content (AvgIpc) is 2.73. The summed E-state index contributed by atoms with van der Waals surface area (Å²) in [6.45, 7) is 3.79. The van der Waals surface area contributed by atoms with Crippen molar-refractivity contribution in [1.82, 2.24) is 0 Å². The molecule has 0 amide bonds. The van der Waals surface area contributed by atoms with Crippen molar-refractivity contribution in [3.63, 3.8) is 0 Å². The Morgan fingerprint density at radius 3 is 2.14 bits per heavy atom. The second-order valence-electron chi connectivity index (χ2n) is 7.12. The van der Waals surface area contributed by atoms with Gasteiger partial charge in [-0.1, -0.05) is 67.6 Å². The maximum atomic E-state index is 12.6. The fourth-order valence-corrected chi connectivity index (χ4v) is 3.39. The van der Waals surface area contributed by atoms with Crippen LogP contribution in [0, 0.1) is 5.92 Å². The lowest BCUT2D eigenvalue weighted by Gasteiger charge is -2.39. The van der Waals surface area contributed by atoms with E-state index in [1.165, 1.54) is 6.92 Å². The summed E-state index contributed by atoms with van der Waals surface area (Å²) < 4.78 is 22.6. The van der Waals surface area contributed by atoms with Crippen LogP contribution in [0.2, 0.25) is 0 Å². The summed E-state index contributed by atoms with van der Waals surface area (Å²) in [4.78, 5) is 24.1. The molecule has 1 aliphatic rings. The van der Waals surface area contributed by atoms with Crippen molar-refractivity contribution in [3.05, 3.63) is 71.8 Å². The van der Waals surface area contributed by atoms with Crippen molar-refractivity contribution in [2.75, 3.05) is 6.61 Å². The lowest BCUT2D eigenvalue weighted by Crippen LogP contribution is -2.53. The van der Waals surface area contributed by atoms with Crippen molar-refractivity contribution in [3.8, 4) is 0 Å². The molecule has 0 N–H and O–H groups in total. The zero-order chi connectivity index (χ0) is 20.6. The Balaban J connectivity index is 1.64. The van der Waals surface area contributed by atoms with Crippen molar-refractivity contribution in [2.45, 2.75) is 45.4 Å². The SMILES string of the molecule is CC(=O)OC1COC(C(=O)OCc2ccccc2)[C@@H](C)[C@H]1OCc1ccccc1. The van der Waals surface area contributed by atoms with E-state index in [0.29, 0.717) is 6.61 Å². The Labute approximate surface area is 170 Å². The third-order valence-corrected chi connectivity index (χ3v) is 4.86. The highest BCUT2D eigenvalue weighted by Gasteiger charge is 2.44. The standard InChI is InChI=1S/C23H26O6/c1-16-21(26-13-18-9-5-3-6-10-18)20(29-17(2)24)15-27-22(16)23(25)28-14-19-11-7-4-8-12-19/h3-12,16,20-22H,13-15H2,1-2H3/t16-,20?,21+,22?/m0/s1. The van der Waals surface area contributed by atoms with Crippen LogP contribution in [0.25, 0.3) is 0 Å². The molecule has 29 heavy (non-hydrogen) atoms. The van der Waals surface area contributed by atoms with Gasteiger partial charge in [-0.2, -0.15) is 0 Å². The number of hydrogen-bond acceptors (Lipinski definition) is 6. The van der Waals surface area contributed by atoms with Crippen LogP contribution < -0.4 is 0 Å². The largest absolute Gasteiger partial charge is 0.459 e. The minimum atomic E-state index is -0.786. The van der Waals surface area contributed by atoms with Gasteiger partial charge < -0.3 is 18.9 Å². The fourth-order valence-electron chi connectivity index (χ4n) is 3.39. The lowest BCUT2D eigenvalue weighted by molar-refractivity contribution is -0.209. The van der Waals surface area contributed by atoms with Crippen LogP contribution in [0.4, 0.5) is 0 Å². The summed E-state index contributed by atoms with van der Waals surface area (Å²) in [6.07, 6.45) is -1.85. The van der Waals surface area contributed by atoms with Crippen molar-refractivity contribution in [1.29, 1.82) is 0 Å². The molecule has 0 aromatic heterocycles. The molecule has 1 fully saturated rings. The maximum Gasteiger partial charge on any atom is 0.335 e. The number of rotatable bonds is 7. The Morgan fingerprint density at radius 1 is 0.966 bits per heavy atom. The predicted octanol–water partition coefficient (Wildman–Crippen LogP) is 3.28. The zero-order valence-corrected chi connectivity index (χ0v) is 16.7. The van der Waals surface area contributed by atoms with Gasteiger partial charge in [0.05, 0.1) is 13.2 Å². The minimum absolute atomic E-state index is 0.0779. The summed E-state index contributed by atoms with van der Waals surface area (Å²) in [6, 6.07) is 19.2. The number of ether oxygens (including phenoxy) is 4. The van der Waals surface area contributed by atoms with E-state index < -0.39 is 30.3 Å². The van der Waals surface area contributed by atoms with Gasteiger partial charge in [0.15, 0.2) is 12.2 Å². The molecule has 3 rings (SSSR count). The number of benzene rings is 2. The highest BCUT2D eigenvalue weighted by molar-refractivity contribution is 5.75. The molecule has 0 aliphatic carbocycles. The molecule has 6 heteroatoms. The molecular weight excluding hydrogens is 372 g/mol. The van der Waals surface area contributed by atoms with E-state index in [0.717, 1.165) is 11.1 Å². The van der Waals surface area contributed by atoms with Crippen molar-refractivity contribution in [2.24, 2.45) is 5.92 Å². The Bertz CT molecular complexity index is 792. The second kappa shape index (κ2) is 10.2. The monoisotopic (exact) mass is 398 g/mol. The molecule has 0 radical (unpaired) electrons. The van der Waals surface area contributed by atoms with E-state index in [1.807, 2.05) is 67.6 Å². The smallest absolute Gasteiger partial charge is 0.335 e. The van der Waals surface area contributed by atoms with Crippen LogP contribution in [0.3, 0.4) is 0 Å². The van der Waals surface area contributed by atoms with E-state index in [1.54, 1.807) is 0 Å². The molecule has 4 atom stereocenters. The molecule has 0 saturated carbocycles. The topological polar surface area (TPSA) is 71.1 Å². The summed E-state index contributed by atoms with van der Waals surface area (Å²) >= 11 is 0. The summed E-state index contributed by atoms with van der Waals surface area (Å²) in [5.74, 6) is -1.21. The Morgan fingerprint density at radius 2 is 1.55 bits per heavy atom. The first-order valence-corrected chi connectivity index (χ1v) is 9.69. The number of hydrogen-bond donors (Lipinski definition) is 0. The molecule has 154 valence electrons. The van der Waals surface area contributed by atoms with Crippen molar-refractivity contribution >= 4 is 11.9 Å². The summed E-state index contributed by atoms with van der Waals surface area (Å²) in [7, 11) is 0. The molecule has 0 spiro atoms. The van der Waals surface area contributed by atoms with Gasteiger partial charge in [0.1, 0.15) is 12.7 Å². The number of esters is 2. The van der Waals surface area contributed by atoms with Crippen LogP contribution in [0.1, 0.15) is 25.0 Å². The van der Waals surface area contributed by atoms with Crippen LogP contribution in [0.15, 0.2) is 60.7 Å². The van der Waals surface area contributed by atoms with Gasteiger partial charge in [-0.3, -0.25) is 4.79 Å². The number of carbonyl (C=O) groups excluding carboxylic acids is 2. The predicted molar refractivity (Wildman–Crippen MR) is 106 cm³/mol. The third kappa shape index (κ3) is 5.89. The normalized spacial score (nSPS) is 23.9. The first kappa shape index (κ1) is 21.0. The van der Waals surface area contributed by atoms with E-state index in [9.17, 15) is 9.59 Å². The minimum Gasteiger partial charge on any atom is -0.459 e. The third-order valence-electron chi connectivity index (χ3n) is 4.86. The highest BCUT2D eigenvalue weighted by Crippen LogP contribution is 2.28. The van der Waals surface area contributed by atoms with E-state index in [4.69, 9.17) is 18.9 Å². The van der Waals surface area contributed by atoms with Gasteiger partial charge in [-0.15, -0.1) is 0 Å². The number of carbonyl (C=O) groups is 2.